The van der Waals surface area contributed by atoms with E-state index in [2.05, 4.69) is 17.4 Å². The van der Waals surface area contributed by atoms with Gasteiger partial charge in [0.1, 0.15) is 5.75 Å². The molecule has 0 radical (unpaired) electrons. The molecule has 3 nitrogen and oxygen atoms in total. The van der Waals surface area contributed by atoms with Crippen molar-refractivity contribution < 1.29 is 9.47 Å². The molecule has 3 heteroatoms. The average Bonchev–Trinajstić information content (AvgIpc) is 2.32. The van der Waals surface area contributed by atoms with Gasteiger partial charge < -0.3 is 14.8 Å². The van der Waals surface area contributed by atoms with Crippen molar-refractivity contribution in [3.63, 3.8) is 0 Å². The van der Waals surface area contributed by atoms with Crippen molar-refractivity contribution >= 4 is 0 Å². The number of hydrogen-bond donors (Lipinski definition) is 1. The molecule has 0 spiro atoms. The molecule has 0 aliphatic rings. The van der Waals surface area contributed by atoms with Crippen molar-refractivity contribution in [1.29, 1.82) is 0 Å². The van der Waals surface area contributed by atoms with Crippen LogP contribution in [-0.2, 0) is 4.74 Å². The highest BCUT2D eigenvalue weighted by Gasteiger charge is 2.08. The summed E-state index contributed by atoms with van der Waals surface area (Å²) in [6.45, 7) is 6.13. The summed E-state index contributed by atoms with van der Waals surface area (Å²) in [6, 6.07) is 8.39. The van der Waals surface area contributed by atoms with Crippen LogP contribution in [0.1, 0.15) is 25.5 Å². The highest BCUT2D eigenvalue weighted by molar-refractivity contribution is 5.29. The van der Waals surface area contributed by atoms with Gasteiger partial charge >= 0.3 is 0 Å². The Labute approximate surface area is 97.8 Å². The van der Waals surface area contributed by atoms with Crippen LogP contribution in [0.3, 0.4) is 0 Å². The highest BCUT2D eigenvalue weighted by atomic mass is 16.5. The Balaban J connectivity index is 2.62. The first-order chi connectivity index (χ1) is 7.81. The Morgan fingerprint density at radius 1 is 1.12 bits per heavy atom. The SMILES string of the molecule is CCOCC(NC)c1ccc(OCC)cc1. The molecule has 1 N–H and O–H groups in total. The Kier molecular flexibility index (Phi) is 5.90. The van der Waals surface area contributed by atoms with E-state index >= 15 is 0 Å². The molecule has 1 unspecified atom stereocenters. The van der Waals surface area contributed by atoms with E-state index in [1.165, 1.54) is 5.56 Å². The van der Waals surface area contributed by atoms with Crippen LogP contribution < -0.4 is 10.1 Å². The summed E-state index contributed by atoms with van der Waals surface area (Å²) in [5.41, 5.74) is 1.22. The fourth-order valence-electron chi connectivity index (χ4n) is 1.54. The van der Waals surface area contributed by atoms with Gasteiger partial charge in [-0.1, -0.05) is 12.1 Å². The lowest BCUT2D eigenvalue weighted by atomic mass is 10.1. The first-order valence-electron chi connectivity index (χ1n) is 5.79. The van der Waals surface area contributed by atoms with Crippen molar-refractivity contribution in [1.82, 2.24) is 5.32 Å². The van der Waals surface area contributed by atoms with Gasteiger partial charge in [-0.2, -0.15) is 0 Å². The standard InChI is InChI=1S/C13H21NO2/c1-4-15-10-13(14-3)11-6-8-12(9-7-11)16-5-2/h6-9,13-14H,4-5,10H2,1-3H3. The van der Waals surface area contributed by atoms with E-state index in [9.17, 15) is 0 Å². The number of benzene rings is 1. The van der Waals surface area contributed by atoms with Gasteiger partial charge in [-0.25, -0.2) is 0 Å². The van der Waals surface area contributed by atoms with E-state index in [1.807, 2.05) is 33.0 Å². The lowest BCUT2D eigenvalue weighted by molar-refractivity contribution is 0.125. The molecule has 1 aromatic rings. The van der Waals surface area contributed by atoms with Crippen molar-refractivity contribution in [3.05, 3.63) is 29.8 Å². The van der Waals surface area contributed by atoms with Gasteiger partial charge in [0.25, 0.3) is 0 Å². The second kappa shape index (κ2) is 7.25. The summed E-state index contributed by atoms with van der Waals surface area (Å²) in [4.78, 5) is 0. The van der Waals surface area contributed by atoms with Gasteiger partial charge in [0.05, 0.1) is 19.3 Å². The summed E-state index contributed by atoms with van der Waals surface area (Å²) >= 11 is 0. The first-order valence-corrected chi connectivity index (χ1v) is 5.79. The maximum atomic E-state index is 5.42. The molecule has 0 saturated carbocycles. The van der Waals surface area contributed by atoms with E-state index in [4.69, 9.17) is 9.47 Å². The van der Waals surface area contributed by atoms with E-state index in [0.29, 0.717) is 13.2 Å². The highest BCUT2D eigenvalue weighted by Crippen LogP contribution is 2.17. The fraction of sp³-hybridized carbons (Fsp3) is 0.538. The van der Waals surface area contributed by atoms with Crippen LogP contribution in [0.4, 0.5) is 0 Å². The molecular formula is C13H21NO2. The molecule has 0 saturated heterocycles. The summed E-state index contributed by atoms with van der Waals surface area (Å²) in [5.74, 6) is 0.914. The van der Waals surface area contributed by atoms with Crippen LogP contribution in [0, 0.1) is 0 Å². The molecular weight excluding hydrogens is 202 g/mol. The number of likely N-dealkylation sites (N-methyl/N-ethyl adjacent to an activating group) is 1. The monoisotopic (exact) mass is 223 g/mol. The molecule has 90 valence electrons. The largest absolute Gasteiger partial charge is 0.494 e. The normalized spacial score (nSPS) is 12.4. The van der Waals surface area contributed by atoms with Gasteiger partial charge in [-0.15, -0.1) is 0 Å². The number of rotatable bonds is 7. The number of ether oxygens (including phenoxy) is 2. The van der Waals surface area contributed by atoms with Gasteiger partial charge in [-0.05, 0) is 38.6 Å². The molecule has 0 amide bonds. The Hall–Kier alpha value is -1.06. The Morgan fingerprint density at radius 3 is 2.31 bits per heavy atom. The van der Waals surface area contributed by atoms with Crippen LogP contribution in [0.15, 0.2) is 24.3 Å². The van der Waals surface area contributed by atoms with E-state index in [0.717, 1.165) is 12.4 Å². The molecule has 0 aromatic heterocycles. The third-order valence-corrected chi connectivity index (χ3v) is 2.43. The summed E-state index contributed by atoms with van der Waals surface area (Å²) in [5, 5.41) is 3.24. The van der Waals surface area contributed by atoms with E-state index in [-0.39, 0.29) is 6.04 Å². The first kappa shape index (κ1) is 13.0. The van der Waals surface area contributed by atoms with Crippen LogP contribution in [0.25, 0.3) is 0 Å². The average molecular weight is 223 g/mol. The Bertz CT molecular complexity index is 284. The summed E-state index contributed by atoms with van der Waals surface area (Å²) < 4.78 is 10.8. The predicted octanol–water partition coefficient (Wildman–Crippen LogP) is 2.38. The predicted molar refractivity (Wildman–Crippen MR) is 65.9 cm³/mol. The zero-order chi connectivity index (χ0) is 11.8. The van der Waals surface area contributed by atoms with Crippen molar-refractivity contribution in [2.45, 2.75) is 19.9 Å². The summed E-state index contributed by atoms with van der Waals surface area (Å²) in [7, 11) is 1.94. The third-order valence-electron chi connectivity index (χ3n) is 2.43. The Morgan fingerprint density at radius 2 is 1.81 bits per heavy atom. The molecule has 0 bridgehead atoms. The van der Waals surface area contributed by atoms with Crippen LogP contribution >= 0.6 is 0 Å². The second-order valence-electron chi connectivity index (χ2n) is 3.50. The minimum Gasteiger partial charge on any atom is -0.494 e. The van der Waals surface area contributed by atoms with Gasteiger partial charge in [0.15, 0.2) is 0 Å². The van der Waals surface area contributed by atoms with Gasteiger partial charge in [0, 0.05) is 6.61 Å². The second-order valence-corrected chi connectivity index (χ2v) is 3.50. The zero-order valence-electron chi connectivity index (χ0n) is 10.3. The molecule has 1 aromatic carbocycles. The maximum absolute atomic E-state index is 5.42. The quantitative estimate of drug-likeness (QED) is 0.770. The number of hydrogen-bond acceptors (Lipinski definition) is 3. The topological polar surface area (TPSA) is 30.5 Å². The lowest BCUT2D eigenvalue weighted by Gasteiger charge is -2.16. The molecule has 0 heterocycles. The van der Waals surface area contributed by atoms with Crippen LogP contribution in [-0.4, -0.2) is 26.9 Å². The van der Waals surface area contributed by atoms with Crippen molar-refractivity contribution in [2.24, 2.45) is 0 Å². The zero-order valence-corrected chi connectivity index (χ0v) is 10.3. The fourth-order valence-corrected chi connectivity index (χ4v) is 1.54. The van der Waals surface area contributed by atoms with E-state index in [1.54, 1.807) is 0 Å². The smallest absolute Gasteiger partial charge is 0.119 e. The number of nitrogens with one attached hydrogen (secondary N) is 1. The molecule has 1 rings (SSSR count). The molecule has 16 heavy (non-hydrogen) atoms. The van der Waals surface area contributed by atoms with Crippen LogP contribution in [0.2, 0.25) is 0 Å². The third kappa shape index (κ3) is 3.83. The van der Waals surface area contributed by atoms with Crippen molar-refractivity contribution in [3.8, 4) is 5.75 Å². The molecule has 0 aliphatic carbocycles. The minimum absolute atomic E-state index is 0.246. The molecule has 0 fully saturated rings. The molecule has 1 atom stereocenters. The van der Waals surface area contributed by atoms with E-state index < -0.39 is 0 Å². The van der Waals surface area contributed by atoms with Gasteiger partial charge in [-0.3, -0.25) is 0 Å². The maximum Gasteiger partial charge on any atom is 0.119 e. The lowest BCUT2D eigenvalue weighted by Crippen LogP contribution is -2.21. The van der Waals surface area contributed by atoms with Gasteiger partial charge in [0.2, 0.25) is 0 Å². The molecule has 0 aliphatic heterocycles. The van der Waals surface area contributed by atoms with Crippen molar-refractivity contribution in [2.75, 3.05) is 26.9 Å². The summed E-state index contributed by atoms with van der Waals surface area (Å²) in [6.07, 6.45) is 0. The minimum atomic E-state index is 0.246. The van der Waals surface area contributed by atoms with Crippen LogP contribution in [0.5, 0.6) is 5.75 Å².